The Labute approximate surface area is 139 Å². The molecule has 122 valence electrons. The van der Waals surface area contributed by atoms with Gasteiger partial charge in [0.25, 0.3) is 0 Å². The number of hydrogen-bond donors (Lipinski definition) is 2. The van der Waals surface area contributed by atoms with Gasteiger partial charge < -0.3 is 19.9 Å². The number of hydrogen-bond acceptors (Lipinski definition) is 5. The van der Waals surface area contributed by atoms with Crippen molar-refractivity contribution in [1.29, 1.82) is 0 Å². The molecule has 6 nitrogen and oxygen atoms in total. The maximum atomic E-state index is 10.8. The number of nitrogens with one attached hydrogen (secondary N) is 1. The summed E-state index contributed by atoms with van der Waals surface area (Å²) in [6.45, 7) is 1.11. The summed E-state index contributed by atoms with van der Waals surface area (Å²) in [4.78, 5) is 0. The second-order valence-electron chi connectivity index (χ2n) is 5.89. The number of nitrogens with zero attached hydrogens (tertiary/aromatic N) is 2. The molecule has 0 spiro atoms. The molecule has 1 aromatic heterocycles. The molecule has 2 bridgehead atoms. The van der Waals surface area contributed by atoms with Crippen LogP contribution in [0.1, 0.15) is 11.6 Å². The van der Waals surface area contributed by atoms with Gasteiger partial charge in [-0.1, -0.05) is 41.9 Å². The van der Waals surface area contributed by atoms with Crippen molar-refractivity contribution in [2.24, 2.45) is 0 Å². The molecule has 5 unspecified atom stereocenters. The summed E-state index contributed by atoms with van der Waals surface area (Å²) in [5.41, 5.74) is 1.15. The van der Waals surface area contributed by atoms with Crippen LogP contribution in [0.15, 0.2) is 42.7 Å². The van der Waals surface area contributed by atoms with E-state index in [1.54, 1.807) is 17.1 Å². The van der Waals surface area contributed by atoms with Gasteiger partial charge in [0.05, 0.1) is 30.0 Å². The molecule has 4 rings (SSSR count). The van der Waals surface area contributed by atoms with E-state index in [9.17, 15) is 5.11 Å². The molecule has 2 saturated heterocycles. The fourth-order valence-electron chi connectivity index (χ4n) is 3.24. The van der Waals surface area contributed by atoms with Crippen molar-refractivity contribution in [1.82, 2.24) is 15.1 Å². The van der Waals surface area contributed by atoms with E-state index in [4.69, 9.17) is 21.1 Å². The first-order valence-corrected chi connectivity index (χ1v) is 8.02. The molecule has 5 atom stereocenters. The summed E-state index contributed by atoms with van der Waals surface area (Å²) in [5.74, 6) is 0. The zero-order valence-electron chi connectivity index (χ0n) is 12.4. The quantitative estimate of drug-likeness (QED) is 0.883. The van der Waals surface area contributed by atoms with E-state index in [-0.39, 0.29) is 12.1 Å². The summed E-state index contributed by atoms with van der Waals surface area (Å²) in [5, 5.41) is 18.9. The molecule has 0 amide bonds. The minimum absolute atomic E-state index is 0.166. The third kappa shape index (κ3) is 2.88. The molecule has 1 aromatic carbocycles. The number of fused-ring (bicyclic) bond motifs is 2. The average Bonchev–Trinajstić information content (AvgIpc) is 3.17. The predicted molar refractivity (Wildman–Crippen MR) is 84.0 cm³/mol. The Bertz CT molecular complexity index is 666. The second-order valence-corrected chi connectivity index (χ2v) is 6.32. The monoisotopic (exact) mass is 335 g/mol. The van der Waals surface area contributed by atoms with Crippen molar-refractivity contribution < 1.29 is 14.6 Å². The van der Waals surface area contributed by atoms with Gasteiger partial charge in [-0.3, -0.25) is 4.68 Å². The summed E-state index contributed by atoms with van der Waals surface area (Å²) >= 11 is 5.94. The first kappa shape index (κ1) is 15.1. The van der Waals surface area contributed by atoms with Crippen LogP contribution in [0.4, 0.5) is 0 Å². The Balaban J connectivity index is 1.52. The Morgan fingerprint density at radius 1 is 1.35 bits per heavy atom. The van der Waals surface area contributed by atoms with E-state index in [1.807, 2.05) is 30.3 Å². The number of benzene rings is 1. The van der Waals surface area contributed by atoms with E-state index in [0.717, 1.165) is 5.56 Å². The van der Waals surface area contributed by atoms with Gasteiger partial charge in [0.1, 0.15) is 12.1 Å². The molecule has 0 radical (unpaired) electrons. The van der Waals surface area contributed by atoms with Crippen LogP contribution in [-0.4, -0.2) is 46.0 Å². The predicted octanol–water partition coefficient (Wildman–Crippen LogP) is 1.35. The summed E-state index contributed by atoms with van der Waals surface area (Å²) in [7, 11) is 0. The summed E-state index contributed by atoms with van der Waals surface area (Å²) in [6.07, 6.45) is 1.87. The maximum Gasteiger partial charge on any atom is 0.183 e. The van der Waals surface area contributed by atoms with Crippen molar-refractivity contribution in [3.05, 3.63) is 53.3 Å². The first-order chi connectivity index (χ1) is 11.2. The molecule has 2 N–H and O–H groups in total. The second kappa shape index (κ2) is 6.22. The standard InChI is InChI=1S/C16H18ClN3O3/c17-11-7-19-20(8-11)14-15(21)13(12-9-22-16(14)23-12)18-6-10-4-2-1-3-5-10/h1-5,7-8,12-16,18,21H,6,9H2. The lowest BCUT2D eigenvalue weighted by Crippen LogP contribution is -2.57. The molecule has 2 aliphatic heterocycles. The molecule has 2 fully saturated rings. The molecule has 3 heterocycles. The third-order valence-electron chi connectivity index (χ3n) is 4.39. The number of aliphatic hydroxyl groups excluding tert-OH is 1. The zero-order chi connectivity index (χ0) is 15.8. The lowest BCUT2D eigenvalue weighted by molar-refractivity contribution is -0.168. The number of ether oxygens (including phenoxy) is 2. The van der Waals surface area contributed by atoms with Crippen molar-refractivity contribution in [3.8, 4) is 0 Å². The van der Waals surface area contributed by atoms with Gasteiger partial charge in [-0.2, -0.15) is 5.10 Å². The lowest BCUT2D eigenvalue weighted by Gasteiger charge is -2.38. The molecule has 7 heteroatoms. The van der Waals surface area contributed by atoms with Gasteiger partial charge in [0.2, 0.25) is 0 Å². The molecule has 0 aliphatic carbocycles. The number of aliphatic hydroxyl groups is 1. The van der Waals surface area contributed by atoms with E-state index in [2.05, 4.69) is 10.4 Å². The lowest BCUT2D eigenvalue weighted by atomic mass is 9.96. The van der Waals surface area contributed by atoms with E-state index < -0.39 is 18.4 Å². The van der Waals surface area contributed by atoms with Crippen molar-refractivity contribution in [2.75, 3.05) is 6.61 Å². The van der Waals surface area contributed by atoms with Crippen molar-refractivity contribution in [2.45, 2.75) is 37.1 Å². The molecular formula is C16H18ClN3O3. The molecule has 2 aromatic rings. The molecule has 2 aliphatic rings. The largest absolute Gasteiger partial charge is 0.389 e. The van der Waals surface area contributed by atoms with Crippen LogP contribution in [0.3, 0.4) is 0 Å². The summed E-state index contributed by atoms with van der Waals surface area (Å²) < 4.78 is 13.2. The molecule has 0 saturated carbocycles. The van der Waals surface area contributed by atoms with Gasteiger partial charge in [-0.25, -0.2) is 0 Å². The van der Waals surface area contributed by atoms with Crippen LogP contribution < -0.4 is 5.32 Å². The van der Waals surface area contributed by atoms with E-state index >= 15 is 0 Å². The van der Waals surface area contributed by atoms with Crippen LogP contribution in [0.5, 0.6) is 0 Å². The van der Waals surface area contributed by atoms with Gasteiger partial charge in [0.15, 0.2) is 6.29 Å². The fourth-order valence-corrected chi connectivity index (χ4v) is 3.39. The van der Waals surface area contributed by atoms with Crippen LogP contribution in [0.2, 0.25) is 5.02 Å². The van der Waals surface area contributed by atoms with Gasteiger partial charge in [-0.15, -0.1) is 0 Å². The van der Waals surface area contributed by atoms with Crippen molar-refractivity contribution in [3.63, 3.8) is 0 Å². The van der Waals surface area contributed by atoms with Crippen LogP contribution >= 0.6 is 11.6 Å². The first-order valence-electron chi connectivity index (χ1n) is 7.64. The van der Waals surface area contributed by atoms with E-state index in [1.165, 1.54) is 0 Å². The highest BCUT2D eigenvalue weighted by Gasteiger charge is 2.51. The number of aromatic nitrogens is 2. The highest BCUT2D eigenvalue weighted by molar-refractivity contribution is 6.30. The van der Waals surface area contributed by atoms with Gasteiger partial charge >= 0.3 is 0 Å². The number of halogens is 1. The van der Waals surface area contributed by atoms with E-state index in [0.29, 0.717) is 18.2 Å². The fraction of sp³-hybridized carbons (Fsp3) is 0.438. The van der Waals surface area contributed by atoms with Gasteiger partial charge in [-0.05, 0) is 5.56 Å². The van der Waals surface area contributed by atoms with Crippen LogP contribution in [0, 0.1) is 0 Å². The Kier molecular flexibility index (Phi) is 4.09. The minimum atomic E-state index is -0.680. The molecule has 23 heavy (non-hydrogen) atoms. The smallest absolute Gasteiger partial charge is 0.183 e. The Morgan fingerprint density at radius 2 is 2.17 bits per heavy atom. The zero-order valence-corrected chi connectivity index (χ0v) is 13.1. The summed E-state index contributed by atoms with van der Waals surface area (Å²) in [6, 6.07) is 9.40. The minimum Gasteiger partial charge on any atom is -0.389 e. The third-order valence-corrected chi connectivity index (χ3v) is 4.59. The molecular weight excluding hydrogens is 318 g/mol. The highest BCUT2D eigenvalue weighted by atomic mass is 35.5. The normalized spacial score (nSPS) is 33.0. The number of rotatable bonds is 4. The SMILES string of the molecule is OC1C(NCc2ccccc2)C2COC(O2)C1n1cc(Cl)cn1. The topological polar surface area (TPSA) is 68.5 Å². The Hall–Kier alpha value is -1.44. The average molecular weight is 336 g/mol. The van der Waals surface area contributed by atoms with Crippen LogP contribution in [-0.2, 0) is 16.0 Å². The highest BCUT2D eigenvalue weighted by Crippen LogP contribution is 2.35. The van der Waals surface area contributed by atoms with Gasteiger partial charge in [0, 0.05) is 12.7 Å². The Morgan fingerprint density at radius 3 is 2.91 bits per heavy atom. The maximum absolute atomic E-state index is 10.8. The van der Waals surface area contributed by atoms with Crippen molar-refractivity contribution >= 4 is 11.6 Å². The van der Waals surface area contributed by atoms with Crippen LogP contribution in [0.25, 0.3) is 0 Å².